The van der Waals surface area contributed by atoms with Crippen LogP contribution in [-0.4, -0.2) is 28.8 Å². The van der Waals surface area contributed by atoms with Crippen molar-refractivity contribution in [2.75, 3.05) is 6.54 Å². The van der Waals surface area contributed by atoms with Crippen LogP contribution in [-0.2, 0) is 11.2 Å². The first kappa shape index (κ1) is 12.8. The second kappa shape index (κ2) is 5.72. The van der Waals surface area contributed by atoms with Gasteiger partial charge in [0.05, 0.1) is 6.54 Å². The van der Waals surface area contributed by atoms with E-state index in [2.05, 4.69) is 5.32 Å². The first-order valence-electron chi connectivity index (χ1n) is 4.91. The molecule has 0 aliphatic carbocycles. The fourth-order valence-corrected chi connectivity index (χ4v) is 1.58. The zero-order valence-corrected chi connectivity index (χ0v) is 9.66. The van der Waals surface area contributed by atoms with E-state index in [1.165, 1.54) is 6.07 Å². The van der Waals surface area contributed by atoms with Gasteiger partial charge in [0.2, 0.25) is 0 Å². The zero-order valence-electron chi connectivity index (χ0n) is 8.90. The predicted molar refractivity (Wildman–Crippen MR) is 61.9 cm³/mol. The van der Waals surface area contributed by atoms with Crippen molar-refractivity contribution in [2.24, 2.45) is 0 Å². The number of nitrogens with one attached hydrogen (secondary N) is 1. The van der Waals surface area contributed by atoms with Gasteiger partial charge in [-0.2, -0.15) is 0 Å². The molecule has 16 heavy (non-hydrogen) atoms. The molecular formula is C11H14ClNO3. The minimum absolute atomic E-state index is 0.0412. The standard InChI is InChI=1S/C11H14ClNO3/c1-7(13-6-11(15)16)4-8-5-9(12)2-3-10(8)14/h2-3,5,7,13-14H,4,6H2,1H3,(H,15,16). The van der Waals surface area contributed by atoms with Gasteiger partial charge < -0.3 is 15.5 Å². The highest BCUT2D eigenvalue weighted by Crippen LogP contribution is 2.22. The van der Waals surface area contributed by atoms with E-state index in [0.717, 1.165) is 0 Å². The third kappa shape index (κ3) is 4.08. The molecule has 0 heterocycles. The van der Waals surface area contributed by atoms with E-state index in [0.29, 0.717) is 17.0 Å². The van der Waals surface area contributed by atoms with Crippen LogP contribution < -0.4 is 5.32 Å². The lowest BCUT2D eigenvalue weighted by Gasteiger charge is -2.13. The van der Waals surface area contributed by atoms with Gasteiger partial charge in [0.15, 0.2) is 0 Å². The molecule has 0 aliphatic rings. The van der Waals surface area contributed by atoms with Crippen molar-refractivity contribution in [3.63, 3.8) is 0 Å². The lowest BCUT2D eigenvalue weighted by Crippen LogP contribution is -2.32. The number of rotatable bonds is 5. The lowest BCUT2D eigenvalue weighted by molar-refractivity contribution is -0.136. The van der Waals surface area contributed by atoms with Crippen LogP contribution in [0.5, 0.6) is 5.75 Å². The molecule has 0 aliphatic heterocycles. The van der Waals surface area contributed by atoms with Crippen molar-refractivity contribution in [3.05, 3.63) is 28.8 Å². The molecule has 0 aromatic heterocycles. The molecule has 0 bridgehead atoms. The summed E-state index contributed by atoms with van der Waals surface area (Å²) in [4.78, 5) is 10.3. The zero-order chi connectivity index (χ0) is 12.1. The monoisotopic (exact) mass is 243 g/mol. The number of benzene rings is 1. The Labute approximate surface area is 98.9 Å². The highest BCUT2D eigenvalue weighted by atomic mass is 35.5. The molecule has 1 unspecified atom stereocenters. The van der Waals surface area contributed by atoms with Crippen LogP contribution in [0.2, 0.25) is 5.02 Å². The number of phenolic OH excluding ortho intramolecular Hbond substituents is 1. The van der Waals surface area contributed by atoms with E-state index >= 15 is 0 Å². The molecule has 4 nitrogen and oxygen atoms in total. The van der Waals surface area contributed by atoms with Gasteiger partial charge >= 0.3 is 5.97 Å². The van der Waals surface area contributed by atoms with E-state index in [1.807, 2.05) is 6.92 Å². The number of hydrogen-bond donors (Lipinski definition) is 3. The number of phenols is 1. The van der Waals surface area contributed by atoms with Crippen LogP contribution >= 0.6 is 11.6 Å². The number of halogens is 1. The molecule has 0 radical (unpaired) electrons. The summed E-state index contributed by atoms with van der Waals surface area (Å²) < 4.78 is 0. The van der Waals surface area contributed by atoms with Crippen LogP contribution in [0.1, 0.15) is 12.5 Å². The van der Waals surface area contributed by atoms with Crippen molar-refractivity contribution >= 4 is 17.6 Å². The molecule has 1 aromatic carbocycles. The number of hydrogen-bond acceptors (Lipinski definition) is 3. The second-order valence-electron chi connectivity index (χ2n) is 3.65. The van der Waals surface area contributed by atoms with Gasteiger partial charge in [-0.05, 0) is 37.1 Å². The fourth-order valence-electron chi connectivity index (χ4n) is 1.38. The second-order valence-corrected chi connectivity index (χ2v) is 4.09. The Balaban J connectivity index is 2.58. The Morgan fingerprint density at radius 2 is 2.25 bits per heavy atom. The lowest BCUT2D eigenvalue weighted by atomic mass is 10.1. The molecule has 88 valence electrons. The van der Waals surface area contributed by atoms with Crippen LogP contribution in [0.25, 0.3) is 0 Å². The maximum Gasteiger partial charge on any atom is 0.317 e. The van der Waals surface area contributed by atoms with Crippen molar-refractivity contribution in [3.8, 4) is 5.75 Å². The smallest absolute Gasteiger partial charge is 0.317 e. The number of carboxylic acids is 1. The fraction of sp³-hybridized carbons (Fsp3) is 0.364. The van der Waals surface area contributed by atoms with Gasteiger partial charge in [0, 0.05) is 11.1 Å². The minimum Gasteiger partial charge on any atom is -0.508 e. The highest BCUT2D eigenvalue weighted by Gasteiger charge is 2.08. The normalized spacial score (nSPS) is 12.4. The average molecular weight is 244 g/mol. The summed E-state index contributed by atoms with van der Waals surface area (Å²) in [5.41, 5.74) is 0.706. The van der Waals surface area contributed by atoms with Crippen LogP contribution in [0, 0.1) is 0 Å². The Morgan fingerprint density at radius 3 is 2.88 bits per heavy atom. The summed E-state index contributed by atoms with van der Waals surface area (Å²) >= 11 is 5.80. The Morgan fingerprint density at radius 1 is 1.56 bits per heavy atom. The predicted octanol–water partition coefficient (Wildman–Crippen LogP) is 1.65. The number of aromatic hydroxyl groups is 1. The van der Waals surface area contributed by atoms with Crippen molar-refractivity contribution in [1.29, 1.82) is 0 Å². The van der Waals surface area contributed by atoms with Crippen LogP contribution in [0.15, 0.2) is 18.2 Å². The Bertz CT molecular complexity index is 381. The first-order valence-corrected chi connectivity index (χ1v) is 5.29. The summed E-state index contributed by atoms with van der Waals surface area (Å²) in [6.07, 6.45) is 0.527. The molecule has 0 saturated heterocycles. The summed E-state index contributed by atoms with van der Waals surface area (Å²) in [6.45, 7) is 1.76. The third-order valence-electron chi connectivity index (χ3n) is 2.17. The molecule has 0 saturated carbocycles. The van der Waals surface area contributed by atoms with E-state index in [1.54, 1.807) is 12.1 Å². The van der Waals surface area contributed by atoms with Crippen molar-refractivity contribution < 1.29 is 15.0 Å². The van der Waals surface area contributed by atoms with Crippen molar-refractivity contribution in [2.45, 2.75) is 19.4 Å². The molecule has 0 amide bonds. The van der Waals surface area contributed by atoms with Gasteiger partial charge in [-0.15, -0.1) is 0 Å². The maximum absolute atomic E-state index is 10.3. The Kier molecular flexibility index (Phi) is 4.58. The number of carbonyl (C=O) groups is 1. The van der Waals surface area contributed by atoms with E-state index in [9.17, 15) is 9.90 Å². The molecule has 1 aromatic rings. The molecule has 5 heteroatoms. The summed E-state index contributed by atoms with van der Waals surface area (Å²) in [6, 6.07) is 4.77. The van der Waals surface area contributed by atoms with Gasteiger partial charge in [0.25, 0.3) is 0 Å². The SMILES string of the molecule is CC(Cc1cc(Cl)ccc1O)NCC(=O)O. The van der Waals surface area contributed by atoms with Gasteiger partial charge in [-0.1, -0.05) is 11.6 Å². The minimum atomic E-state index is -0.901. The Hall–Kier alpha value is -1.26. The van der Waals surface area contributed by atoms with Crippen LogP contribution in [0.3, 0.4) is 0 Å². The average Bonchev–Trinajstić information content (AvgIpc) is 2.20. The van der Waals surface area contributed by atoms with Gasteiger partial charge in [-0.25, -0.2) is 0 Å². The summed E-state index contributed by atoms with van der Waals surface area (Å²) in [5.74, 6) is -0.726. The molecule has 0 fully saturated rings. The number of carboxylic acid groups (broad SMARTS) is 1. The van der Waals surface area contributed by atoms with Gasteiger partial charge in [0.1, 0.15) is 5.75 Å². The summed E-state index contributed by atoms with van der Waals surface area (Å²) in [5, 5.41) is 21.4. The maximum atomic E-state index is 10.3. The molecule has 1 atom stereocenters. The van der Waals surface area contributed by atoms with E-state index in [-0.39, 0.29) is 18.3 Å². The summed E-state index contributed by atoms with van der Waals surface area (Å²) in [7, 11) is 0. The highest BCUT2D eigenvalue weighted by molar-refractivity contribution is 6.30. The van der Waals surface area contributed by atoms with Gasteiger partial charge in [-0.3, -0.25) is 4.79 Å². The quantitative estimate of drug-likeness (QED) is 0.736. The molecule has 1 rings (SSSR count). The van der Waals surface area contributed by atoms with E-state index in [4.69, 9.17) is 16.7 Å². The topological polar surface area (TPSA) is 69.6 Å². The molecule has 0 spiro atoms. The first-order chi connectivity index (χ1) is 7.49. The number of aliphatic carboxylic acids is 1. The van der Waals surface area contributed by atoms with Crippen molar-refractivity contribution in [1.82, 2.24) is 5.32 Å². The van der Waals surface area contributed by atoms with Crippen LogP contribution in [0.4, 0.5) is 0 Å². The van der Waals surface area contributed by atoms with E-state index < -0.39 is 5.97 Å². The third-order valence-corrected chi connectivity index (χ3v) is 2.40. The molecular weight excluding hydrogens is 230 g/mol. The molecule has 3 N–H and O–H groups in total. The largest absolute Gasteiger partial charge is 0.508 e.